The second-order valence-electron chi connectivity index (χ2n) is 4.31. The number of carbonyl (C=O) groups is 2. The van der Waals surface area contributed by atoms with Crippen molar-refractivity contribution in [2.45, 2.75) is 19.9 Å². The van der Waals surface area contributed by atoms with Crippen molar-refractivity contribution in [2.75, 3.05) is 20.2 Å². The Bertz CT molecular complexity index is 445. The topological polar surface area (TPSA) is 78.9 Å². The minimum Gasteiger partial charge on any atom is -0.494 e. The van der Waals surface area contributed by atoms with Crippen LogP contribution in [0, 0.1) is 0 Å². The van der Waals surface area contributed by atoms with Crippen molar-refractivity contribution < 1.29 is 19.4 Å². The molecule has 0 bridgehead atoms. The highest BCUT2D eigenvalue weighted by atomic mass is 16.5. The van der Waals surface area contributed by atoms with E-state index in [1.807, 2.05) is 31.2 Å². The molecule has 0 saturated heterocycles. The van der Waals surface area contributed by atoms with E-state index in [2.05, 4.69) is 5.32 Å². The minimum atomic E-state index is -0.931. The Hall–Kier alpha value is -2.24. The number of benzene rings is 1. The number of nitrogens with zero attached hydrogens (tertiary/aromatic N) is 1. The highest BCUT2D eigenvalue weighted by Gasteiger charge is 2.09. The van der Waals surface area contributed by atoms with E-state index in [9.17, 15) is 9.59 Å². The van der Waals surface area contributed by atoms with Gasteiger partial charge < -0.3 is 20.1 Å². The molecule has 0 aromatic heterocycles. The van der Waals surface area contributed by atoms with Crippen LogP contribution in [0.25, 0.3) is 0 Å². The standard InChI is InChI=1S/C14H20N2O4/c1-3-20-12-6-4-11(5-7-12)10-16(2)14(19)15-9-8-13(17)18/h4-7H,3,8-10H2,1-2H3,(H,15,19)(H,17,18). The van der Waals surface area contributed by atoms with E-state index < -0.39 is 5.97 Å². The van der Waals surface area contributed by atoms with Crippen LogP contribution >= 0.6 is 0 Å². The number of ether oxygens (including phenoxy) is 1. The summed E-state index contributed by atoms with van der Waals surface area (Å²) >= 11 is 0. The molecular weight excluding hydrogens is 260 g/mol. The molecule has 0 aliphatic carbocycles. The number of aliphatic carboxylic acids is 1. The van der Waals surface area contributed by atoms with Crippen molar-refractivity contribution in [3.8, 4) is 5.75 Å². The molecule has 20 heavy (non-hydrogen) atoms. The third kappa shape index (κ3) is 5.60. The molecule has 1 aromatic rings. The lowest BCUT2D eigenvalue weighted by Crippen LogP contribution is -2.37. The summed E-state index contributed by atoms with van der Waals surface area (Å²) < 4.78 is 5.34. The van der Waals surface area contributed by atoms with Crippen molar-refractivity contribution >= 4 is 12.0 Å². The number of nitrogens with one attached hydrogen (secondary N) is 1. The molecule has 0 atom stereocenters. The minimum absolute atomic E-state index is 0.0807. The molecule has 0 spiro atoms. The molecule has 0 heterocycles. The van der Waals surface area contributed by atoms with E-state index in [0.717, 1.165) is 11.3 Å². The van der Waals surface area contributed by atoms with Crippen molar-refractivity contribution in [2.24, 2.45) is 0 Å². The fourth-order valence-corrected chi connectivity index (χ4v) is 1.61. The Morgan fingerprint density at radius 2 is 1.95 bits per heavy atom. The molecule has 0 aliphatic heterocycles. The van der Waals surface area contributed by atoms with Crippen LogP contribution in [0.15, 0.2) is 24.3 Å². The lowest BCUT2D eigenvalue weighted by atomic mass is 10.2. The number of urea groups is 1. The van der Waals surface area contributed by atoms with Crippen molar-refractivity contribution in [1.82, 2.24) is 10.2 Å². The zero-order valence-electron chi connectivity index (χ0n) is 11.8. The number of hydrogen-bond donors (Lipinski definition) is 2. The van der Waals surface area contributed by atoms with Gasteiger partial charge in [0, 0.05) is 20.1 Å². The van der Waals surface area contributed by atoms with Gasteiger partial charge in [0.1, 0.15) is 5.75 Å². The van der Waals surface area contributed by atoms with Gasteiger partial charge in [-0.25, -0.2) is 4.79 Å². The summed E-state index contributed by atoms with van der Waals surface area (Å²) in [6.07, 6.45) is -0.0807. The zero-order valence-corrected chi connectivity index (χ0v) is 11.8. The number of carboxylic acids is 1. The normalized spacial score (nSPS) is 9.90. The molecule has 2 N–H and O–H groups in total. The Morgan fingerprint density at radius 1 is 1.30 bits per heavy atom. The first-order chi connectivity index (χ1) is 9.52. The molecule has 110 valence electrons. The van der Waals surface area contributed by atoms with Gasteiger partial charge in [-0.3, -0.25) is 4.79 Å². The Morgan fingerprint density at radius 3 is 2.50 bits per heavy atom. The molecule has 2 amide bonds. The second-order valence-corrected chi connectivity index (χ2v) is 4.31. The van der Waals surface area contributed by atoms with Crippen LogP contribution in [0.1, 0.15) is 18.9 Å². The van der Waals surface area contributed by atoms with Crippen LogP contribution in [0.5, 0.6) is 5.75 Å². The largest absolute Gasteiger partial charge is 0.494 e. The fraction of sp³-hybridized carbons (Fsp3) is 0.429. The van der Waals surface area contributed by atoms with Gasteiger partial charge in [0.15, 0.2) is 0 Å². The molecular formula is C14H20N2O4. The Kier molecular flexibility index (Phi) is 6.36. The van der Waals surface area contributed by atoms with Crippen LogP contribution in [-0.2, 0) is 11.3 Å². The van der Waals surface area contributed by atoms with Gasteiger partial charge in [0.2, 0.25) is 0 Å². The smallest absolute Gasteiger partial charge is 0.317 e. The highest BCUT2D eigenvalue weighted by molar-refractivity contribution is 5.75. The first kappa shape index (κ1) is 15.8. The third-order valence-electron chi connectivity index (χ3n) is 2.62. The summed E-state index contributed by atoms with van der Waals surface area (Å²) in [5.74, 6) is -0.135. The quantitative estimate of drug-likeness (QED) is 0.796. The fourth-order valence-electron chi connectivity index (χ4n) is 1.61. The average Bonchev–Trinajstić information content (AvgIpc) is 2.40. The summed E-state index contributed by atoms with van der Waals surface area (Å²) in [4.78, 5) is 23.5. The van der Waals surface area contributed by atoms with Crippen LogP contribution in [0.2, 0.25) is 0 Å². The lowest BCUT2D eigenvalue weighted by Gasteiger charge is -2.18. The maximum absolute atomic E-state index is 11.7. The number of carbonyl (C=O) groups excluding carboxylic acids is 1. The molecule has 1 aromatic carbocycles. The number of rotatable bonds is 7. The molecule has 6 nitrogen and oxygen atoms in total. The Balaban J connectivity index is 2.42. The Labute approximate surface area is 118 Å². The van der Waals surface area contributed by atoms with Crippen molar-refractivity contribution in [3.63, 3.8) is 0 Å². The zero-order chi connectivity index (χ0) is 15.0. The summed E-state index contributed by atoms with van der Waals surface area (Å²) in [6, 6.07) is 7.21. The van der Waals surface area contributed by atoms with Crippen LogP contribution in [0.4, 0.5) is 4.79 Å². The van der Waals surface area contributed by atoms with Gasteiger partial charge in [-0.2, -0.15) is 0 Å². The average molecular weight is 280 g/mol. The van der Waals surface area contributed by atoms with E-state index >= 15 is 0 Å². The van der Waals surface area contributed by atoms with Crippen LogP contribution in [0.3, 0.4) is 0 Å². The second kappa shape index (κ2) is 8.04. The maximum Gasteiger partial charge on any atom is 0.317 e. The maximum atomic E-state index is 11.7. The first-order valence-electron chi connectivity index (χ1n) is 6.45. The predicted octanol–water partition coefficient (Wildman–Crippen LogP) is 1.70. The van der Waals surface area contributed by atoms with E-state index in [1.54, 1.807) is 7.05 Å². The molecule has 0 saturated carbocycles. The summed E-state index contributed by atoms with van der Waals surface area (Å²) in [7, 11) is 1.66. The molecule has 6 heteroatoms. The van der Waals surface area contributed by atoms with E-state index in [1.165, 1.54) is 4.90 Å². The molecule has 1 rings (SSSR count). The number of amides is 2. The number of hydrogen-bond acceptors (Lipinski definition) is 3. The van der Waals surface area contributed by atoms with Crippen molar-refractivity contribution in [3.05, 3.63) is 29.8 Å². The molecule has 0 radical (unpaired) electrons. The van der Waals surface area contributed by atoms with Crippen molar-refractivity contribution in [1.29, 1.82) is 0 Å². The van der Waals surface area contributed by atoms with Crippen LogP contribution in [-0.4, -0.2) is 42.2 Å². The van der Waals surface area contributed by atoms with E-state index in [-0.39, 0.29) is 19.0 Å². The predicted molar refractivity (Wildman–Crippen MR) is 74.7 cm³/mol. The van der Waals surface area contributed by atoms with Gasteiger partial charge in [0.05, 0.1) is 13.0 Å². The summed E-state index contributed by atoms with van der Waals surface area (Å²) in [5, 5.41) is 11.0. The van der Waals surface area contributed by atoms with E-state index in [0.29, 0.717) is 13.2 Å². The molecule has 0 aliphatic rings. The van der Waals surface area contributed by atoms with Gasteiger partial charge >= 0.3 is 12.0 Å². The summed E-state index contributed by atoms with van der Waals surface area (Å²) in [6.45, 7) is 3.11. The van der Waals surface area contributed by atoms with Gasteiger partial charge in [-0.1, -0.05) is 12.1 Å². The first-order valence-corrected chi connectivity index (χ1v) is 6.45. The third-order valence-corrected chi connectivity index (χ3v) is 2.62. The monoisotopic (exact) mass is 280 g/mol. The molecule has 0 unspecified atom stereocenters. The number of carboxylic acid groups (broad SMARTS) is 1. The molecule has 0 fully saturated rings. The van der Waals surface area contributed by atoms with Gasteiger partial charge in [-0.15, -0.1) is 0 Å². The SMILES string of the molecule is CCOc1ccc(CN(C)C(=O)NCCC(=O)O)cc1. The van der Waals surface area contributed by atoms with Crippen LogP contribution < -0.4 is 10.1 Å². The van der Waals surface area contributed by atoms with Gasteiger partial charge in [0.25, 0.3) is 0 Å². The van der Waals surface area contributed by atoms with E-state index in [4.69, 9.17) is 9.84 Å². The summed E-state index contributed by atoms with van der Waals surface area (Å²) in [5.41, 5.74) is 0.976. The highest BCUT2D eigenvalue weighted by Crippen LogP contribution is 2.13. The lowest BCUT2D eigenvalue weighted by molar-refractivity contribution is -0.136. The van der Waals surface area contributed by atoms with Gasteiger partial charge in [-0.05, 0) is 24.6 Å².